The zero-order valence-corrected chi connectivity index (χ0v) is 11.6. The highest BCUT2D eigenvalue weighted by Gasteiger charge is 2.18. The average molecular weight is 294 g/mol. The first-order valence-corrected chi connectivity index (χ1v) is 6.59. The van der Waals surface area contributed by atoms with Gasteiger partial charge in [-0.05, 0) is 48.4 Å². The van der Waals surface area contributed by atoms with Crippen LogP contribution in [0.25, 0.3) is 0 Å². The Balaban J connectivity index is 1.77. The molecule has 1 aliphatic heterocycles. The highest BCUT2D eigenvalue weighted by atomic mass is 35.5. The van der Waals surface area contributed by atoms with Gasteiger partial charge >= 0.3 is 0 Å². The Morgan fingerprint density at radius 3 is 2.90 bits per heavy atom. The first-order valence-electron chi connectivity index (χ1n) is 6.21. The molecule has 0 amide bonds. The number of halogens is 2. The zero-order chi connectivity index (χ0) is 14.1. The molecule has 3 nitrogen and oxygen atoms in total. The van der Waals surface area contributed by atoms with Crippen LogP contribution in [0.3, 0.4) is 0 Å². The van der Waals surface area contributed by atoms with Crippen LogP contribution in [0.5, 0.6) is 11.5 Å². The van der Waals surface area contributed by atoms with Gasteiger partial charge in [0.05, 0.1) is 5.02 Å². The molecule has 3 rings (SSSR count). The predicted octanol–water partition coefficient (Wildman–Crippen LogP) is 4.13. The fraction of sp³-hybridized carbons (Fsp3) is 0.200. The maximum absolute atomic E-state index is 13.0. The van der Waals surface area contributed by atoms with Gasteiger partial charge in [0.25, 0.3) is 0 Å². The zero-order valence-electron chi connectivity index (χ0n) is 10.9. The van der Waals surface area contributed by atoms with E-state index in [9.17, 15) is 4.39 Å². The molecule has 0 fully saturated rings. The molecule has 0 aromatic heterocycles. The maximum atomic E-state index is 13.0. The number of fused-ring (bicyclic) bond motifs is 1. The topological polar surface area (TPSA) is 30.5 Å². The number of aryl methyl sites for hydroxylation is 1. The molecule has 0 saturated heterocycles. The molecule has 0 spiro atoms. The smallest absolute Gasteiger partial charge is 0.231 e. The molecule has 0 bridgehead atoms. The largest absolute Gasteiger partial charge is 0.454 e. The van der Waals surface area contributed by atoms with Crippen LogP contribution in [-0.2, 0) is 6.54 Å². The van der Waals surface area contributed by atoms with Crippen molar-refractivity contribution in [3.05, 3.63) is 52.3 Å². The Kier molecular flexibility index (Phi) is 3.40. The third kappa shape index (κ3) is 2.51. The minimum absolute atomic E-state index is 0.197. The summed E-state index contributed by atoms with van der Waals surface area (Å²) in [5.41, 5.74) is 2.72. The minimum Gasteiger partial charge on any atom is -0.454 e. The normalized spacial score (nSPS) is 12.6. The molecular formula is C15H13ClFNO2. The van der Waals surface area contributed by atoms with E-state index in [0.717, 1.165) is 16.8 Å². The number of anilines is 1. The maximum Gasteiger partial charge on any atom is 0.231 e. The molecular weight excluding hydrogens is 281 g/mol. The van der Waals surface area contributed by atoms with Crippen molar-refractivity contribution < 1.29 is 13.9 Å². The summed E-state index contributed by atoms with van der Waals surface area (Å²) in [6, 6.07) is 8.37. The van der Waals surface area contributed by atoms with Gasteiger partial charge < -0.3 is 14.8 Å². The van der Waals surface area contributed by atoms with Gasteiger partial charge in [0.1, 0.15) is 5.82 Å². The summed E-state index contributed by atoms with van der Waals surface area (Å²) in [5, 5.41) is 3.79. The molecule has 0 aliphatic carbocycles. The number of hydrogen-bond acceptors (Lipinski definition) is 3. The molecule has 20 heavy (non-hydrogen) atoms. The monoisotopic (exact) mass is 293 g/mol. The summed E-state index contributed by atoms with van der Waals surface area (Å²) >= 11 is 6.13. The summed E-state index contributed by atoms with van der Waals surface area (Å²) in [6.07, 6.45) is 0. The third-order valence-electron chi connectivity index (χ3n) is 3.16. The van der Waals surface area contributed by atoms with Gasteiger partial charge in [0, 0.05) is 12.2 Å². The fourth-order valence-corrected chi connectivity index (χ4v) is 2.43. The molecule has 1 N–H and O–H groups in total. The van der Waals surface area contributed by atoms with Crippen LogP contribution in [0.4, 0.5) is 10.1 Å². The number of hydrogen-bond donors (Lipinski definition) is 1. The quantitative estimate of drug-likeness (QED) is 0.923. The van der Waals surface area contributed by atoms with E-state index in [1.54, 1.807) is 6.07 Å². The van der Waals surface area contributed by atoms with E-state index in [1.807, 2.05) is 19.1 Å². The van der Waals surface area contributed by atoms with Crippen molar-refractivity contribution in [2.45, 2.75) is 13.5 Å². The molecule has 1 aliphatic rings. The van der Waals surface area contributed by atoms with Crippen molar-refractivity contribution in [3.63, 3.8) is 0 Å². The van der Waals surface area contributed by atoms with E-state index in [4.69, 9.17) is 21.1 Å². The predicted molar refractivity (Wildman–Crippen MR) is 76.0 cm³/mol. The van der Waals surface area contributed by atoms with Crippen molar-refractivity contribution in [1.29, 1.82) is 0 Å². The SMILES string of the molecule is Cc1cc(F)ccc1NCc1cc(Cl)c2c(c1)OCO2. The lowest BCUT2D eigenvalue weighted by molar-refractivity contribution is 0.174. The van der Waals surface area contributed by atoms with Gasteiger partial charge in [-0.25, -0.2) is 4.39 Å². The second-order valence-corrected chi connectivity index (χ2v) is 5.03. The van der Waals surface area contributed by atoms with E-state index in [2.05, 4.69) is 5.32 Å². The molecule has 2 aromatic rings. The fourth-order valence-electron chi connectivity index (χ4n) is 2.15. The van der Waals surface area contributed by atoms with Gasteiger partial charge in [-0.1, -0.05) is 11.6 Å². The first kappa shape index (κ1) is 13.1. The third-order valence-corrected chi connectivity index (χ3v) is 3.44. The lowest BCUT2D eigenvalue weighted by Gasteiger charge is -2.10. The Morgan fingerprint density at radius 2 is 2.10 bits per heavy atom. The summed E-state index contributed by atoms with van der Waals surface area (Å²) in [5.74, 6) is 1.01. The standard InChI is InChI=1S/C15H13ClFNO2/c1-9-4-11(17)2-3-13(9)18-7-10-5-12(16)15-14(6-10)19-8-20-15/h2-6,18H,7-8H2,1H3. The highest BCUT2D eigenvalue weighted by Crippen LogP contribution is 2.39. The van der Waals surface area contributed by atoms with Gasteiger partial charge in [0.2, 0.25) is 6.79 Å². The first-order chi connectivity index (χ1) is 9.63. The molecule has 1 heterocycles. The highest BCUT2D eigenvalue weighted by molar-refractivity contribution is 6.32. The number of ether oxygens (including phenoxy) is 2. The van der Waals surface area contributed by atoms with E-state index in [0.29, 0.717) is 23.1 Å². The molecule has 5 heteroatoms. The Bertz CT molecular complexity index is 661. The Hall–Kier alpha value is -1.94. The number of benzene rings is 2. The minimum atomic E-state index is -0.237. The van der Waals surface area contributed by atoms with Crippen LogP contribution < -0.4 is 14.8 Å². The van der Waals surface area contributed by atoms with Crippen LogP contribution in [0.1, 0.15) is 11.1 Å². The van der Waals surface area contributed by atoms with Crippen molar-refractivity contribution in [2.75, 3.05) is 12.1 Å². The lowest BCUT2D eigenvalue weighted by atomic mass is 10.1. The summed E-state index contributed by atoms with van der Waals surface area (Å²) in [6.45, 7) is 2.63. The van der Waals surface area contributed by atoms with E-state index < -0.39 is 0 Å². The van der Waals surface area contributed by atoms with Gasteiger partial charge in [-0.15, -0.1) is 0 Å². The average Bonchev–Trinajstić information content (AvgIpc) is 2.86. The molecule has 0 unspecified atom stereocenters. The molecule has 0 saturated carbocycles. The van der Waals surface area contributed by atoms with Crippen LogP contribution in [0.15, 0.2) is 30.3 Å². The summed E-state index contributed by atoms with van der Waals surface area (Å²) < 4.78 is 23.6. The van der Waals surface area contributed by atoms with Gasteiger partial charge in [0.15, 0.2) is 11.5 Å². The van der Waals surface area contributed by atoms with E-state index >= 15 is 0 Å². The molecule has 2 aromatic carbocycles. The van der Waals surface area contributed by atoms with Crippen molar-refractivity contribution >= 4 is 17.3 Å². The lowest BCUT2D eigenvalue weighted by Crippen LogP contribution is -2.01. The van der Waals surface area contributed by atoms with Crippen LogP contribution in [0.2, 0.25) is 5.02 Å². The van der Waals surface area contributed by atoms with Crippen LogP contribution in [0, 0.1) is 12.7 Å². The van der Waals surface area contributed by atoms with Crippen molar-refractivity contribution in [3.8, 4) is 11.5 Å². The van der Waals surface area contributed by atoms with E-state index in [1.165, 1.54) is 12.1 Å². The van der Waals surface area contributed by atoms with Crippen molar-refractivity contribution in [2.24, 2.45) is 0 Å². The summed E-state index contributed by atoms with van der Waals surface area (Å²) in [7, 11) is 0. The van der Waals surface area contributed by atoms with Crippen LogP contribution >= 0.6 is 11.6 Å². The van der Waals surface area contributed by atoms with Crippen LogP contribution in [-0.4, -0.2) is 6.79 Å². The molecule has 0 atom stereocenters. The second-order valence-electron chi connectivity index (χ2n) is 4.62. The van der Waals surface area contributed by atoms with Gasteiger partial charge in [-0.2, -0.15) is 0 Å². The molecule has 0 radical (unpaired) electrons. The second kappa shape index (κ2) is 5.21. The number of rotatable bonds is 3. The van der Waals surface area contributed by atoms with E-state index in [-0.39, 0.29) is 12.6 Å². The van der Waals surface area contributed by atoms with Gasteiger partial charge in [-0.3, -0.25) is 0 Å². The molecule has 104 valence electrons. The summed E-state index contributed by atoms with van der Waals surface area (Å²) in [4.78, 5) is 0. The Morgan fingerprint density at radius 1 is 1.25 bits per heavy atom. The number of nitrogens with one attached hydrogen (secondary N) is 1. The Labute approximate surface area is 121 Å². The van der Waals surface area contributed by atoms with Crippen molar-refractivity contribution in [1.82, 2.24) is 0 Å².